The van der Waals surface area contributed by atoms with E-state index in [2.05, 4.69) is 10.2 Å². The minimum Gasteiger partial charge on any atom is -0.478 e. The monoisotopic (exact) mass is 234 g/mol. The molecule has 2 heterocycles. The highest BCUT2D eigenvalue weighted by Gasteiger charge is 2.13. The van der Waals surface area contributed by atoms with Crippen molar-refractivity contribution >= 4 is 12.0 Å². The number of carboxylic acids is 1. The summed E-state index contributed by atoms with van der Waals surface area (Å²) in [4.78, 5) is 10.3. The van der Waals surface area contributed by atoms with Crippen molar-refractivity contribution in [1.82, 2.24) is 10.2 Å². The number of aryl methyl sites for hydroxylation is 2. The van der Waals surface area contributed by atoms with Crippen LogP contribution in [0, 0.1) is 13.8 Å². The van der Waals surface area contributed by atoms with Gasteiger partial charge in [-0.3, -0.25) is 0 Å². The van der Waals surface area contributed by atoms with Gasteiger partial charge in [0.1, 0.15) is 11.5 Å². The molecule has 2 aromatic rings. The number of carboxylic acid groups (broad SMARTS) is 1. The molecule has 0 aliphatic rings. The number of aliphatic carboxylic acids is 1. The van der Waals surface area contributed by atoms with E-state index in [9.17, 15) is 4.79 Å². The van der Waals surface area contributed by atoms with Crippen LogP contribution in [0.4, 0.5) is 0 Å². The van der Waals surface area contributed by atoms with Crippen molar-refractivity contribution in [2.24, 2.45) is 0 Å². The second-order valence-electron chi connectivity index (χ2n) is 3.44. The minimum absolute atomic E-state index is 0.139. The molecule has 0 aliphatic carbocycles. The number of hydrogen-bond donors (Lipinski definition) is 1. The van der Waals surface area contributed by atoms with E-state index < -0.39 is 5.97 Å². The lowest BCUT2D eigenvalue weighted by Gasteiger charge is -1.88. The Morgan fingerprint density at radius 3 is 2.71 bits per heavy atom. The van der Waals surface area contributed by atoms with Gasteiger partial charge in [-0.25, -0.2) is 4.79 Å². The third-order valence-corrected chi connectivity index (χ3v) is 2.08. The lowest BCUT2D eigenvalue weighted by molar-refractivity contribution is -0.131. The summed E-state index contributed by atoms with van der Waals surface area (Å²) in [6.07, 6.45) is 2.17. The van der Waals surface area contributed by atoms with E-state index in [-0.39, 0.29) is 5.89 Å². The van der Waals surface area contributed by atoms with Gasteiger partial charge in [0.2, 0.25) is 5.89 Å². The van der Waals surface area contributed by atoms with Crippen molar-refractivity contribution in [3.8, 4) is 11.5 Å². The van der Waals surface area contributed by atoms with Crippen molar-refractivity contribution < 1.29 is 18.7 Å². The van der Waals surface area contributed by atoms with E-state index >= 15 is 0 Å². The van der Waals surface area contributed by atoms with Crippen LogP contribution in [-0.4, -0.2) is 21.3 Å². The van der Waals surface area contributed by atoms with Crippen LogP contribution in [0.3, 0.4) is 0 Å². The zero-order chi connectivity index (χ0) is 12.4. The van der Waals surface area contributed by atoms with Crippen LogP contribution in [0.25, 0.3) is 17.5 Å². The molecular weight excluding hydrogens is 224 g/mol. The van der Waals surface area contributed by atoms with Gasteiger partial charge in [0, 0.05) is 12.2 Å². The zero-order valence-electron chi connectivity index (χ0n) is 9.30. The van der Waals surface area contributed by atoms with Gasteiger partial charge in [0.25, 0.3) is 5.89 Å². The van der Waals surface area contributed by atoms with E-state index in [0.29, 0.717) is 17.2 Å². The normalized spacial score (nSPS) is 11.2. The highest BCUT2D eigenvalue weighted by atomic mass is 16.4. The molecule has 6 nitrogen and oxygen atoms in total. The molecule has 6 heteroatoms. The van der Waals surface area contributed by atoms with Crippen LogP contribution in [0.15, 0.2) is 21.0 Å². The van der Waals surface area contributed by atoms with Crippen LogP contribution in [0.5, 0.6) is 0 Å². The van der Waals surface area contributed by atoms with Gasteiger partial charge in [-0.15, -0.1) is 10.2 Å². The third-order valence-electron chi connectivity index (χ3n) is 2.08. The molecule has 0 bridgehead atoms. The summed E-state index contributed by atoms with van der Waals surface area (Å²) < 4.78 is 10.6. The van der Waals surface area contributed by atoms with Crippen molar-refractivity contribution in [1.29, 1.82) is 0 Å². The first-order valence-electron chi connectivity index (χ1n) is 4.88. The van der Waals surface area contributed by atoms with E-state index in [4.69, 9.17) is 13.9 Å². The van der Waals surface area contributed by atoms with Gasteiger partial charge in [0.15, 0.2) is 0 Å². The summed E-state index contributed by atoms with van der Waals surface area (Å²) in [6, 6.07) is 1.79. The maximum absolute atomic E-state index is 10.3. The summed E-state index contributed by atoms with van der Waals surface area (Å²) in [6.45, 7) is 3.61. The predicted octanol–water partition coefficient (Wildman–Crippen LogP) is 2.04. The predicted molar refractivity (Wildman–Crippen MR) is 58.1 cm³/mol. The highest BCUT2D eigenvalue weighted by Crippen LogP contribution is 2.25. The summed E-state index contributed by atoms with van der Waals surface area (Å²) in [5.41, 5.74) is 0.713. The quantitative estimate of drug-likeness (QED) is 0.817. The van der Waals surface area contributed by atoms with Gasteiger partial charge in [-0.2, -0.15) is 0 Å². The Morgan fingerprint density at radius 1 is 1.35 bits per heavy atom. The molecule has 1 N–H and O–H groups in total. The van der Waals surface area contributed by atoms with E-state index in [1.807, 2.05) is 6.92 Å². The average molecular weight is 234 g/mol. The molecule has 0 aromatic carbocycles. The van der Waals surface area contributed by atoms with Crippen molar-refractivity contribution in [2.45, 2.75) is 13.8 Å². The Hall–Kier alpha value is -2.37. The standard InChI is InChI=1S/C11H10N2O4/c1-6-5-8(7(2)16-6)11-13-12-9(17-11)3-4-10(14)15/h3-5H,1-2H3,(H,14,15)/b4-3+. The van der Waals surface area contributed by atoms with Gasteiger partial charge in [0.05, 0.1) is 5.56 Å². The molecule has 0 aliphatic heterocycles. The first-order chi connectivity index (χ1) is 8.06. The largest absolute Gasteiger partial charge is 0.478 e. The smallest absolute Gasteiger partial charge is 0.328 e. The second-order valence-corrected chi connectivity index (χ2v) is 3.44. The minimum atomic E-state index is -1.07. The van der Waals surface area contributed by atoms with Gasteiger partial charge >= 0.3 is 5.97 Å². The number of rotatable bonds is 3. The molecule has 0 unspecified atom stereocenters. The molecule has 0 atom stereocenters. The summed E-state index contributed by atoms with van der Waals surface area (Å²) >= 11 is 0. The Labute approximate surface area is 96.6 Å². The summed E-state index contributed by atoms with van der Waals surface area (Å²) in [7, 11) is 0. The Kier molecular flexibility index (Phi) is 2.78. The second kappa shape index (κ2) is 4.25. The Morgan fingerprint density at radius 2 is 2.12 bits per heavy atom. The van der Waals surface area contributed by atoms with E-state index in [0.717, 1.165) is 11.8 Å². The van der Waals surface area contributed by atoms with Gasteiger partial charge < -0.3 is 13.9 Å². The molecule has 17 heavy (non-hydrogen) atoms. The summed E-state index contributed by atoms with van der Waals surface area (Å²) in [5, 5.41) is 16.0. The number of aromatic nitrogens is 2. The first-order valence-corrected chi connectivity index (χ1v) is 4.88. The zero-order valence-corrected chi connectivity index (χ0v) is 9.30. The fourth-order valence-corrected chi connectivity index (χ4v) is 1.40. The molecule has 0 saturated heterocycles. The van der Waals surface area contributed by atoms with Crippen molar-refractivity contribution in [3.63, 3.8) is 0 Å². The number of carbonyl (C=O) groups is 1. The third kappa shape index (κ3) is 2.41. The summed E-state index contributed by atoms with van der Waals surface area (Å²) in [5.74, 6) is 0.809. The SMILES string of the molecule is Cc1cc(-c2nnc(/C=C/C(=O)O)o2)c(C)o1. The van der Waals surface area contributed by atoms with Crippen molar-refractivity contribution in [2.75, 3.05) is 0 Å². The number of nitrogens with zero attached hydrogens (tertiary/aromatic N) is 2. The van der Waals surface area contributed by atoms with E-state index in [1.54, 1.807) is 13.0 Å². The van der Waals surface area contributed by atoms with Crippen molar-refractivity contribution in [3.05, 3.63) is 29.6 Å². The number of furan rings is 1. The average Bonchev–Trinajstić information content (AvgIpc) is 2.82. The fourth-order valence-electron chi connectivity index (χ4n) is 1.40. The number of hydrogen-bond acceptors (Lipinski definition) is 5. The lowest BCUT2D eigenvalue weighted by atomic mass is 10.2. The first kappa shape index (κ1) is 11.1. The lowest BCUT2D eigenvalue weighted by Crippen LogP contribution is -1.85. The molecule has 0 radical (unpaired) electrons. The Bertz CT molecular complexity index is 580. The van der Waals surface area contributed by atoms with Crippen LogP contribution in [0.2, 0.25) is 0 Å². The molecule has 2 aromatic heterocycles. The molecule has 88 valence electrons. The maximum Gasteiger partial charge on any atom is 0.328 e. The molecule has 0 amide bonds. The van der Waals surface area contributed by atoms with Crippen LogP contribution < -0.4 is 0 Å². The van der Waals surface area contributed by atoms with Crippen LogP contribution in [0.1, 0.15) is 17.4 Å². The topological polar surface area (TPSA) is 89.4 Å². The van der Waals surface area contributed by atoms with E-state index in [1.165, 1.54) is 6.08 Å². The molecular formula is C11H10N2O4. The van der Waals surface area contributed by atoms with Gasteiger partial charge in [-0.1, -0.05) is 0 Å². The molecule has 2 rings (SSSR count). The Balaban J connectivity index is 2.30. The fraction of sp³-hybridized carbons (Fsp3) is 0.182. The molecule has 0 fully saturated rings. The molecule has 0 spiro atoms. The highest BCUT2D eigenvalue weighted by molar-refractivity contribution is 5.84. The maximum atomic E-state index is 10.3. The molecule has 0 saturated carbocycles. The van der Waals surface area contributed by atoms with Gasteiger partial charge in [-0.05, 0) is 19.9 Å². The van der Waals surface area contributed by atoms with Crippen LogP contribution in [-0.2, 0) is 4.79 Å². The van der Waals surface area contributed by atoms with Crippen LogP contribution >= 0.6 is 0 Å².